The van der Waals surface area contributed by atoms with Crippen LogP contribution in [0.5, 0.6) is 0 Å². The summed E-state index contributed by atoms with van der Waals surface area (Å²) < 4.78 is 28.0. The predicted molar refractivity (Wildman–Crippen MR) is 119 cm³/mol. The Morgan fingerprint density at radius 3 is 2.45 bits per heavy atom. The third-order valence-corrected chi connectivity index (χ3v) is 8.06. The largest absolute Gasteiger partial charge is 0.321 e. The summed E-state index contributed by atoms with van der Waals surface area (Å²) in [7, 11) is -3.61. The molecule has 0 unspecified atom stereocenters. The van der Waals surface area contributed by atoms with Gasteiger partial charge in [-0.2, -0.15) is 4.31 Å². The van der Waals surface area contributed by atoms with Crippen LogP contribution in [-0.4, -0.2) is 37.5 Å². The normalized spacial score (nSPS) is 15.7. The molecule has 1 aliphatic rings. The van der Waals surface area contributed by atoms with E-state index >= 15 is 0 Å². The van der Waals surface area contributed by atoms with Gasteiger partial charge in [-0.3, -0.25) is 4.79 Å². The van der Waals surface area contributed by atoms with Crippen molar-refractivity contribution in [2.45, 2.75) is 49.3 Å². The second kappa shape index (κ2) is 9.78. The molecule has 2 aromatic rings. The highest BCUT2D eigenvalue weighted by atomic mass is 32.2. The van der Waals surface area contributed by atoms with Gasteiger partial charge in [0.2, 0.25) is 10.0 Å². The summed E-state index contributed by atoms with van der Waals surface area (Å²) in [5, 5.41) is 2.93. The Morgan fingerprint density at radius 1 is 1.07 bits per heavy atom. The van der Waals surface area contributed by atoms with E-state index in [9.17, 15) is 13.2 Å². The van der Waals surface area contributed by atoms with Crippen LogP contribution < -0.4 is 5.32 Å². The van der Waals surface area contributed by atoms with E-state index < -0.39 is 10.0 Å². The fourth-order valence-corrected chi connectivity index (χ4v) is 6.01. The molecular weight excluding hydrogens is 404 g/mol. The van der Waals surface area contributed by atoms with Gasteiger partial charge in [0.05, 0.1) is 10.6 Å². The number of amides is 1. The van der Waals surface area contributed by atoms with Gasteiger partial charge in [-0.15, -0.1) is 11.8 Å². The molecule has 0 aromatic heterocycles. The number of sulfonamides is 1. The maximum Gasteiger partial charge on any atom is 0.255 e. The number of nitrogens with zero attached hydrogens (tertiary/aromatic N) is 1. The summed E-state index contributed by atoms with van der Waals surface area (Å²) in [6, 6.07) is 12.5. The van der Waals surface area contributed by atoms with Gasteiger partial charge in [-0.25, -0.2) is 8.42 Å². The maximum atomic E-state index is 13.2. The van der Waals surface area contributed by atoms with Crippen molar-refractivity contribution < 1.29 is 13.2 Å². The number of para-hydroxylation sites is 1. The van der Waals surface area contributed by atoms with Gasteiger partial charge < -0.3 is 5.32 Å². The number of aryl methyl sites for hydroxylation is 1. The molecule has 2 aromatic carbocycles. The summed E-state index contributed by atoms with van der Waals surface area (Å²) in [5.74, 6) is 0.594. The van der Waals surface area contributed by atoms with Crippen LogP contribution in [0, 0.1) is 6.92 Å². The van der Waals surface area contributed by atoms with E-state index in [1.165, 1.54) is 6.07 Å². The quantitative estimate of drug-likeness (QED) is 0.658. The number of thioether (sulfide) groups is 1. The number of carbonyl (C=O) groups excluding carboxylic acids is 1. The first kappa shape index (κ1) is 21.9. The van der Waals surface area contributed by atoms with E-state index in [2.05, 4.69) is 12.2 Å². The summed E-state index contributed by atoms with van der Waals surface area (Å²) in [6.07, 6.45) is 3.87. The molecule has 0 bridgehead atoms. The third kappa shape index (κ3) is 5.21. The second-order valence-corrected chi connectivity index (χ2v) is 10.4. The van der Waals surface area contributed by atoms with Gasteiger partial charge in [0.15, 0.2) is 0 Å². The van der Waals surface area contributed by atoms with Crippen molar-refractivity contribution in [2.24, 2.45) is 0 Å². The van der Waals surface area contributed by atoms with Crippen LogP contribution in [0.1, 0.15) is 48.5 Å². The van der Waals surface area contributed by atoms with Crippen molar-refractivity contribution in [1.29, 1.82) is 0 Å². The summed E-state index contributed by atoms with van der Waals surface area (Å²) in [6.45, 7) is 4.92. The zero-order valence-corrected chi connectivity index (χ0v) is 18.6. The van der Waals surface area contributed by atoms with Crippen LogP contribution in [0.4, 0.5) is 5.69 Å². The molecule has 1 N–H and O–H groups in total. The Morgan fingerprint density at radius 2 is 1.76 bits per heavy atom. The molecule has 1 saturated heterocycles. The average Bonchev–Trinajstić information content (AvgIpc) is 3.00. The van der Waals surface area contributed by atoms with Crippen LogP contribution in [0.15, 0.2) is 52.3 Å². The van der Waals surface area contributed by atoms with Gasteiger partial charge in [-0.1, -0.05) is 38.0 Å². The summed E-state index contributed by atoms with van der Waals surface area (Å²) in [4.78, 5) is 14.1. The Labute approximate surface area is 177 Å². The monoisotopic (exact) mass is 432 g/mol. The molecule has 0 saturated carbocycles. The van der Waals surface area contributed by atoms with Gasteiger partial charge in [-0.05, 0) is 55.3 Å². The van der Waals surface area contributed by atoms with Crippen molar-refractivity contribution in [3.8, 4) is 0 Å². The van der Waals surface area contributed by atoms with E-state index in [0.717, 1.165) is 42.0 Å². The van der Waals surface area contributed by atoms with Crippen LogP contribution in [0.2, 0.25) is 0 Å². The molecule has 0 radical (unpaired) electrons. The summed E-state index contributed by atoms with van der Waals surface area (Å²) >= 11 is 1.65. The van der Waals surface area contributed by atoms with E-state index in [4.69, 9.17) is 0 Å². The molecule has 1 amide bonds. The van der Waals surface area contributed by atoms with Gasteiger partial charge in [0.1, 0.15) is 0 Å². The van der Waals surface area contributed by atoms with Crippen molar-refractivity contribution in [2.75, 3.05) is 24.2 Å². The number of carbonyl (C=O) groups is 1. The van der Waals surface area contributed by atoms with Crippen LogP contribution in [0.3, 0.4) is 0 Å². The van der Waals surface area contributed by atoms with E-state index in [1.807, 2.05) is 24.3 Å². The minimum atomic E-state index is -3.61. The predicted octanol–water partition coefficient (Wildman–Crippen LogP) is 4.92. The lowest BCUT2D eigenvalue weighted by atomic mass is 10.1. The SMILES string of the molecule is CCSc1ccccc1NC(=O)c1ccc(C)c(S(=O)(=O)N2CCCCCC2)c1. The molecule has 0 atom stereocenters. The highest BCUT2D eigenvalue weighted by molar-refractivity contribution is 7.99. The first-order valence-corrected chi connectivity index (χ1v) is 12.5. The van der Waals surface area contributed by atoms with Crippen LogP contribution >= 0.6 is 11.8 Å². The number of hydrogen-bond donors (Lipinski definition) is 1. The minimum absolute atomic E-state index is 0.225. The van der Waals surface area contributed by atoms with Crippen LogP contribution in [-0.2, 0) is 10.0 Å². The molecule has 29 heavy (non-hydrogen) atoms. The molecule has 5 nitrogen and oxygen atoms in total. The van der Waals surface area contributed by atoms with Gasteiger partial charge >= 0.3 is 0 Å². The highest BCUT2D eigenvalue weighted by Crippen LogP contribution is 2.28. The number of nitrogens with one attached hydrogen (secondary N) is 1. The Hall–Kier alpha value is -1.83. The number of benzene rings is 2. The molecule has 1 aliphatic heterocycles. The minimum Gasteiger partial charge on any atom is -0.321 e. The standard InChI is InChI=1S/C22H28N2O3S2/c1-3-28-20-11-7-6-10-19(20)23-22(25)18-13-12-17(2)21(16-18)29(26,27)24-14-8-4-5-9-15-24/h6-7,10-13,16H,3-5,8-9,14-15H2,1-2H3,(H,23,25). The van der Waals surface area contributed by atoms with Crippen molar-refractivity contribution in [3.05, 3.63) is 53.6 Å². The van der Waals surface area contributed by atoms with E-state index in [-0.39, 0.29) is 10.8 Å². The zero-order chi connectivity index (χ0) is 20.9. The molecular formula is C22H28N2O3S2. The Kier molecular flexibility index (Phi) is 7.38. The molecule has 1 heterocycles. The maximum absolute atomic E-state index is 13.2. The average molecular weight is 433 g/mol. The van der Waals surface area contributed by atoms with E-state index in [0.29, 0.717) is 24.2 Å². The molecule has 0 aliphatic carbocycles. The topological polar surface area (TPSA) is 66.5 Å². The molecule has 0 spiro atoms. The van der Waals surface area contributed by atoms with Crippen molar-refractivity contribution in [3.63, 3.8) is 0 Å². The molecule has 1 fully saturated rings. The number of rotatable bonds is 6. The Bertz CT molecular complexity index is 966. The Balaban J connectivity index is 1.88. The molecule has 156 valence electrons. The number of anilines is 1. The lowest BCUT2D eigenvalue weighted by Crippen LogP contribution is -2.32. The van der Waals surface area contributed by atoms with Crippen molar-refractivity contribution >= 4 is 33.4 Å². The lowest BCUT2D eigenvalue weighted by molar-refractivity contribution is 0.102. The first-order valence-electron chi connectivity index (χ1n) is 10.1. The van der Waals surface area contributed by atoms with Gasteiger partial charge in [0.25, 0.3) is 5.91 Å². The molecule has 7 heteroatoms. The first-order chi connectivity index (χ1) is 13.9. The number of hydrogen-bond acceptors (Lipinski definition) is 4. The fourth-order valence-electron chi connectivity index (χ4n) is 3.49. The second-order valence-electron chi connectivity index (χ2n) is 7.18. The van der Waals surface area contributed by atoms with Crippen molar-refractivity contribution in [1.82, 2.24) is 4.31 Å². The van der Waals surface area contributed by atoms with Gasteiger partial charge in [0, 0.05) is 23.5 Å². The third-order valence-electron chi connectivity index (χ3n) is 5.07. The molecule has 3 rings (SSSR count). The zero-order valence-electron chi connectivity index (χ0n) is 17.0. The van der Waals surface area contributed by atoms with Crippen LogP contribution in [0.25, 0.3) is 0 Å². The smallest absolute Gasteiger partial charge is 0.255 e. The highest BCUT2D eigenvalue weighted by Gasteiger charge is 2.27. The fraction of sp³-hybridized carbons (Fsp3) is 0.409. The lowest BCUT2D eigenvalue weighted by Gasteiger charge is -2.21. The summed E-state index contributed by atoms with van der Waals surface area (Å²) in [5.41, 5.74) is 1.75. The van der Waals surface area contributed by atoms with E-state index in [1.54, 1.807) is 35.1 Å².